The third-order valence-electron chi connectivity index (χ3n) is 7.81. The smallest absolute Gasteiger partial charge is 0.253 e. The zero-order valence-electron chi connectivity index (χ0n) is 20.4. The molecule has 6 nitrogen and oxygen atoms in total. The van der Waals surface area contributed by atoms with E-state index in [1.165, 1.54) is 12.8 Å². The molecule has 2 aliphatic heterocycles. The van der Waals surface area contributed by atoms with Crippen LogP contribution in [0.2, 0.25) is 0 Å². The van der Waals surface area contributed by atoms with E-state index in [1.54, 1.807) is 0 Å². The summed E-state index contributed by atoms with van der Waals surface area (Å²) in [5, 5.41) is 0. The molecule has 2 atom stereocenters. The molecule has 2 amide bonds. The lowest BCUT2D eigenvalue weighted by atomic mass is 9.70. The van der Waals surface area contributed by atoms with E-state index in [0.717, 1.165) is 42.8 Å². The number of aryl methyl sites for hydroxylation is 2. The van der Waals surface area contributed by atoms with E-state index in [-0.39, 0.29) is 17.7 Å². The summed E-state index contributed by atoms with van der Waals surface area (Å²) in [4.78, 5) is 36.4. The molecule has 3 fully saturated rings. The van der Waals surface area contributed by atoms with Gasteiger partial charge in [0.2, 0.25) is 5.91 Å². The maximum Gasteiger partial charge on any atom is 0.253 e. The Morgan fingerprint density at radius 1 is 1.18 bits per heavy atom. The van der Waals surface area contributed by atoms with Crippen LogP contribution in [-0.4, -0.2) is 57.3 Å². The molecule has 1 spiro atoms. The van der Waals surface area contributed by atoms with Crippen molar-refractivity contribution in [3.63, 3.8) is 0 Å². The van der Waals surface area contributed by atoms with E-state index < -0.39 is 5.41 Å². The number of likely N-dealkylation sites (tertiary alicyclic amines) is 2. The van der Waals surface area contributed by atoms with Crippen LogP contribution in [0, 0.1) is 25.2 Å². The Balaban J connectivity index is 1.50. The van der Waals surface area contributed by atoms with Gasteiger partial charge < -0.3 is 14.4 Å². The number of carbonyl (C=O) groups excluding carboxylic acids is 2. The van der Waals surface area contributed by atoms with Gasteiger partial charge in [-0.3, -0.25) is 9.59 Å². The SMILES string of the molecule is Cc1cc(C)cc(C(=O)N2CC(c3cn(C(C)C)cn3)C3(CCCN(CC4CC4)C3=O)C2)c1. The monoisotopic (exact) mass is 448 g/mol. The molecule has 1 aromatic carbocycles. The number of rotatable bonds is 5. The maximum atomic E-state index is 14.0. The standard InChI is InChI=1S/C27H36N4O2/c1-18(2)31-15-24(28-17-31)23-14-30(25(32)22-11-19(3)10-20(4)12-22)16-27(23)8-5-9-29(26(27)33)13-21-6-7-21/h10-12,15,17-18,21,23H,5-9,13-14,16H2,1-4H3. The third kappa shape index (κ3) is 4.09. The quantitative estimate of drug-likeness (QED) is 0.684. The first-order chi connectivity index (χ1) is 15.8. The Morgan fingerprint density at radius 3 is 2.55 bits per heavy atom. The Labute approximate surface area is 197 Å². The fourth-order valence-corrected chi connectivity index (χ4v) is 5.90. The highest BCUT2D eigenvalue weighted by Crippen LogP contribution is 2.50. The van der Waals surface area contributed by atoms with Crippen molar-refractivity contribution in [3.8, 4) is 0 Å². The van der Waals surface area contributed by atoms with Gasteiger partial charge in [0.25, 0.3) is 5.91 Å². The minimum Gasteiger partial charge on any atom is -0.342 e. The molecule has 6 heteroatoms. The Hall–Kier alpha value is -2.63. The summed E-state index contributed by atoms with van der Waals surface area (Å²) >= 11 is 0. The molecule has 1 aromatic heterocycles. The zero-order chi connectivity index (χ0) is 23.3. The minimum atomic E-state index is -0.572. The van der Waals surface area contributed by atoms with Crippen LogP contribution in [0.15, 0.2) is 30.7 Å². The second-order valence-corrected chi connectivity index (χ2v) is 10.9. The Kier molecular flexibility index (Phi) is 5.58. The fraction of sp³-hybridized carbons (Fsp3) is 0.593. The molecule has 1 saturated carbocycles. The zero-order valence-corrected chi connectivity index (χ0v) is 20.4. The van der Waals surface area contributed by atoms with E-state index in [9.17, 15) is 9.59 Å². The number of aromatic nitrogens is 2. The number of hydrogen-bond donors (Lipinski definition) is 0. The van der Waals surface area contributed by atoms with Gasteiger partial charge in [0.15, 0.2) is 0 Å². The molecule has 176 valence electrons. The summed E-state index contributed by atoms with van der Waals surface area (Å²) < 4.78 is 2.10. The second-order valence-electron chi connectivity index (χ2n) is 10.9. The van der Waals surface area contributed by atoms with Crippen molar-refractivity contribution in [2.45, 2.75) is 65.3 Å². The van der Waals surface area contributed by atoms with Crippen LogP contribution in [-0.2, 0) is 4.79 Å². The summed E-state index contributed by atoms with van der Waals surface area (Å²) in [6.07, 6.45) is 8.24. The van der Waals surface area contributed by atoms with Crippen molar-refractivity contribution in [1.82, 2.24) is 19.4 Å². The van der Waals surface area contributed by atoms with Crippen LogP contribution in [0.25, 0.3) is 0 Å². The van der Waals surface area contributed by atoms with Crippen LogP contribution in [0.3, 0.4) is 0 Å². The fourth-order valence-electron chi connectivity index (χ4n) is 5.90. The number of hydrogen-bond acceptors (Lipinski definition) is 3. The number of amides is 2. The molecular formula is C27H36N4O2. The van der Waals surface area contributed by atoms with Crippen molar-refractivity contribution in [3.05, 3.63) is 53.1 Å². The predicted octanol–water partition coefficient (Wildman–Crippen LogP) is 4.34. The van der Waals surface area contributed by atoms with Crippen LogP contribution >= 0.6 is 0 Å². The van der Waals surface area contributed by atoms with Gasteiger partial charge in [0.05, 0.1) is 17.4 Å². The Morgan fingerprint density at radius 2 is 1.91 bits per heavy atom. The van der Waals surface area contributed by atoms with Crippen LogP contribution in [0.1, 0.15) is 78.7 Å². The van der Waals surface area contributed by atoms with Gasteiger partial charge in [0.1, 0.15) is 0 Å². The van der Waals surface area contributed by atoms with Crippen molar-refractivity contribution in [2.24, 2.45) is 11.3 Å². The van der Waals surface area contributed by atoms with Crippen molar-refractivity contribution in [1.29, 1.82) is 0 Å². The maximum absolute atomic E-state index is 14.0. The largest absolute Gasteiger partial charge is 0.342 e. The highest BCUT2D eigenvalue weighted by atomic mass is 16.2. The normalized spacial score (nSPS) is 25.5. The highest BCUT2D eigenvalue weighted by Gasteiger charge is 2.57. The van der Waals surface area contributed by atoms with Crippen LogP contribution in [0.4, 0.5) is 0 Å². The molecule has 3 aliphatic rings. The first kappa shape index (κ1) is 22.2. The topological polar surface area (TPSA) is 58.4 Å². The lowest BCUT2D eigenvalue weighted by molar-refractivity contribution is -0.146. The first-order valence-corrected chi connectivity index (χ1v) is 12.5. The van der Waals surface area contributed by atoms with E-state index in [2.05, 4.69) is 35.6 Å². The second kappa shape index (κ2) is 8.30. The van der Waals surface area contributed by atoms with Gasteiger partial charge in [0, 0.05) is 49.9 Å². The summed E-state index contributed by atoms with van der Waals surface area (Å²) in [6, 6.07) is 6.32. The number of carbonyl (C=O) groups is 2. The van der Waals surface area contributed by atoms with Gasteiger partial charge in [-0.25, -0.2) is 4.98 Å². The number of imidazole rings is 1. The average molecular weight is 449 g/mol. The molecular weight excluding hydrogens is 412 g/mol. The lowest BCUT2D eigenvalue weighted by Gasteiger charge is -2.42. The van der Waals surface area contributed by atoms with Gasteiger partial charge in [-0.05, 0) is 71.4 Å². The average Bonchev–Trinajstić information content (AvgIpc) is 3.30. The van der Waals surface area contributed by atoms with Crippen LogP contribution in [0.5, 0.6) is 0 Å². The molecule has 1 aliphatic carbocycles. The predicted molar refractivity (Wildman–Crippen MR) is 128 cm³/mol. The number of piperidine rings is 1. The van der Waals surface area contributed by atoms with E-state index in [0.29, 0.717) is 30.6 Å². The highest BCUT2D eigenvalue weighted by molar-refractivity contribution is 5.96. The Bertz CT molecular complexity index is 1050. The van der Waals surface area contributed by atoms with Crippen molar-refractivity contribution in [2.75, 3.05) is 26.2 Å². The molecule has 0 N–H and O–H groups in total. The molecule has 2 aromatic rings. The van der Waals surface area contributed by atoms with Crippen LogP contribution < -0.4 is 0 Å². The van der Waals surface area contributed by atoms with E-state index in [4.69, 9.17) is 4.98 Å². The van der Waals surface area contributed by atoms with Crippen molar-refractivity contribution < 1.29 is 9.59 Å². The molecule has 33 heavy (non-hydrogen) atoms. The first-order valence-electron chi connectivity index (χ1n) is 12.5. The van der Waals surface area contributed by atoms with Gasteiger partial charge in [-0.1, -0.05) is 17.2 Å². The summed E-state index contributed by atoms with van der Waals surface area (Å²) in [7, 11) is 0. The molecule has 2 unspecified atom stereocenters. The van der Waals surface area contributed by atoms with E-state index >= 15 is 0 Å². The van der Waals surface area contributed by atoms with Crippen molar-refractivity contribution >= 4 is 11.8 Å². The van der Waals surface area contributed by atoms with Gasteiger partial charge in [-0.15, -0.1) is 0 Å². The number of benzene rings is 1. The summed E-state index contributed by atoms with van der Waals surface area (Å²) in [6.45, 7) is 11.1. The molecule has 5 rings (SSSR count). The van der Waals surface area contributed by atoms with Gasteiger partial charge >= 0.3 is 0 Å². The van der Waals surface area contributed by atoms with Gasteiger partial charge in [-0.2, -0.15) is 0 Å². The number of nitrogens with zero attached hydrogens (tertiary/aromatic N) is 4. The summed E-state index contributed by atoms with van der Waals surface area (Å²) in [5.74, 6) is 0.860. The molecule has 0 bridgehead atoms. The van der Waals surface area contributed by atoms with E-state index in [1.807, 2.05) is 37.2 Å². The minimum absolute atomic E-state index is 0.0269. The summed E-state index contributed by atoms with van der Waals surface area (Å²) in [5.41, 5.74) is 3.26. The molecule has 0 radical (unpaired) electrons. The lowest BCUT2D eigenvalue weighted by Crippen LogP contribution is -2.52. The molecule has 3 heterocycles. The molecule has 2 saturated heterocycles. The third-order valence-corrected chi connectivity index (χ3v) is 7.81.